The minimum Gasteiger partial charge on any atom is -0.485 e. The van der Waals surface area contributed by atoms with E-state index in [1.54, 1.807) is 30.5 Å². The van der Waals surface area contributed by atoms with Crippen LogP contribution in [0.5, 0.6) is 5.75 Å². The zero-order chi connectivity index (χ0) is 10.5. The molecule has 0 aliphatic heterocycles. The lowest BCUT2D eigenvalue weighted by molar-refractivity contribution is 0.111. The molecule has 0 amide bonds. The van der Waals surface area contributed by atoms with Crippen LogP contribution in [0.3, 0.4) is 0 Å². The molecule has 0 aliphatic carbocycles. The molecule has 0 N–H and O–H groups in total. The van der Waals surface area contributed by atoms with Crippen molar-refractivity contribution in [2.45, 2.75) is 6.61 Å². The second kappa shape index (κ2) is 4.41. The maximum atomic E-state index is 10.7. The summed E-state index contributed by atoms with van der Waals surface area (Å²) < 4.78 is 10.3. The van der Waals surface area contributed by atoms with Gasteiger partial charge >= 0.3 is 0 Å². The van der Waals surface area contributed by atoms with E-state index in [4.69, 9.17) is 9.26 Å². The van der Waals surface area contributed by atoms with E-state index >= 15 is 0 Å². The highest BCUT2D eigenvalue weighted by atomic mass is 16.5. The van der Waals surface area contributed by atoms with Gasteiger partial charge in [0.2, 0.25) is 0 Å². The Balaban J connectivity index is 2.07. The zero-order valence-electron chi connectivity index (χ0n) is 7.92. The lowest BCUT2D eigenvalue weighted by Crippen LogP contribution is -1.96. The van der Waals surface area contributed by atoms with Crippen molar-refractivity contribution >= 4 is 6.29 Å². The first kappa shape index (κ1) is 9.45. The topological polar surface area (TPSA) is 52.3 Å². The van der Waals surface area contributed by atoms with E-state index in [0.29, 0.717) is 17.1 Å². The van der Waals surface area contributed by atoms with Crippen LogP contribution in [-0.4, -0.2) is 11.4 Å². The second-order valence-electron chi connectivity index (χ2n) is 2.92. The minimum atomic E-state index is 0.269. The number of benzene rings is 1. The van der Waals surface area contributed by atoms with Gasteiger partial charge in [-0.2, -0.15) is 0 Å². The third-order valence-electron chi connectivity index (χ3n) is 1.91. The number of carbonyl (C=O) groups is 1. The average Bonchev–Trinajstić information content (AvgIpc) is 2.79. The Morgan fingerprint density at radius 2 is 2.20 bits per heavy atom. The van der Waals surface area contributed by atoms with Gasteiger partial charge in [0.05, 0.1) is 11.8 Å². The predicted molar refractivity (Wildman–Crippen MR) is 52.7 cm³/mol. The van der Waals surface area contributed by atoms with Gasteiger partial charge in [-0.1, -0.05) is 17.3 Å². The van der Waals surface area contributed by atoms with E-state index in [0.717, 1.165) is 6.29 Å². The molecular formula is C11H9NO3. The van der Waals surface area contributed by atoms with E-state index in [9.17, 15) is 4.79 Å². The van der Waals surface area contributed by atoms with Gasteiger partial charge in [0.15, 0.2) is 12.0 Å². The first-order chi connectivity index (χ1) is 7.40. The summed E-state index contributed by atoms with van der Waals surface area (Å²) in [7, 11) is 0. The molecule has 0 saturated heterocycles. The Kier molecular flexibility index (Phi) is 2.78. The van der Waals surface area contributed by atoms with Crippen LogP contribution in [0.1, 0.15) is 16.1 Å². The fraction of sp³-hybridized carbons (Fsp3) is 0.0909. The Morgan fingerprint density at radius 3 is 2.93 bits per heavy atom. The number of nitrogens with zero attached hydrogens (tertiary/aromatic N) is 1. The molecule has 1 aromatic heterocycles. The highest BCUT2D eigenvalue weighted by Crippen LogP contribution is 2.17. The number of aromatic nitrogens is 1. The van der Waals surface area contributed by atoms with Gasteiger partial charge in [-0.3, -0.25) is 4.79 Å². The molecule has 1 heterocycles. The maximum absolute atomic E-state index is 10.7. The van der Waals surface area contributed by atoms with Crippen molar-refractivity contribution in [3.05, 3.63) is 47.9 Å². The fourth-order valence-electron chi connectivity index (χ4n) is 1.17. The number of rotatable bonds is 4. The van der Waals surface area contributed by atoms with Crippen molar-refractivity contribution in [1.29, 1.82) is 0 Å². The number of hydrogen-bond donors (Lipinski definition) is 0. The summed E-state index contributed by atoms with van der Waals surface area (Å²) in [6, 6.07) is 8.74. The fourth-order valence-corrected chi connectivity index (χ4v) is 1.17. The maximum Gasteiger partial charge on any atom is 0.174 e. The molecule has 0 saturated carbocycles. The highest BCUT2D eigenvalue weighted by molar-refractivity contribution is 5.79. The largest absolute Gasteiger partial charge is 0.485 e. The quantitative estimate of drug-likeness (QED) is 0.714. The molecule has 76 valence electrons. The Morgan fingerprint density at radius 1 is 1.33 bits per heavy atom. The standard InChI is InChI=1S/C11H9NO3/c13-7-9-3-1-2-4-11(9)14-8-10-5-6-12-15-10/h1-7H,8H2. The van der Waals surface area contributed by atoms with Crippen molar-refractivity contribution in [1.82, 2.24) is 5.16 Å². The van der Waals surface area contributed by atoms with Crippen molar-refractivity contribution in [3.8, 4) is 5.75 Å². The van der Waals surface area contributed by atoms with Crippen molar-refractivity contribution in [3.63, 3.8) is 0 Å². The first-order valence-electron chi connectivity index (χ1n) is 4.46. The molecule has 0 radical (unpaired) electrons. The van der Waals surface area contributed by atoms with Gasteiger partial charge in [0, 0.05) is 6.07 Å². The van der Waals surface area contributed by atoms with Crippen LogP contribution in [-0.2, 0) is 6.61 Å². The molecule has 4 nitrogen and oxygen atoms in total. The summed E-state index contributed by atoms with van der Waals surface area (Å²) in [6.07, 6.45) is 2.31. The molecule has 0 fully saturated rings. The molecule has 15 heavy (non-hydrogen) atoms. The third kappa shape index (κ3) is 2.22. The van der Waals surface area contributed by atoms with E-state index in [1.807, 2.05) is 6.07 Å². The van der Waals surface area contributed by atoms with Crippen LogP contribution >= 0.6 is 0 Å². The van der Waals surface area contributed by atoms with Crippen molar-refractivity contribution < 1.29 is 14.1 Å². The first-order valence-corrected chi connectivity index (χ1v) is 4.46. The number of hydrogen-bond acceptors (Lipinski definition) is 4. The molecule has 0 bridgehead atoms. The van der Waals surface area contributed by atoms with Gasteiger partial charge in [-0.05, 0) is 12.1 Å². The van der Waals surface area contributed by atoms with Crippen molar-refractivity contribution in [2.24, 2.45) is 0 Å². The summed E-state index contributed by atoms with van der Waals surface area (Å²) in [5, 5.41) is 3.55. The molecule has 0 unspecified atom stereocenters. The summed E-state index contributed by atoms with van der Waals surface area (Å²) in [6.45, 7) is 0.269. The van der Waals surface area contributed by atoms with Crippen LogP contribution in [0.2, 0.25) is 0 Å². The number of ether oxygens (including phenoxy) is 1. The minimum absolute atomic E-state index is 0.269. The van der Waals surface area contributed by atoms with Crippen LogP contribution in [0.25, 0.3) is 0 Å². The summed E-state index contributed by atoms with van der Waals surface area (Å²) in [5.74, 6) is 1.17. The van der Waals surface area contributed by atoms with Crippen LogP contribution in [0.15, 0.2) is 41.1 Å². The SMILES string of the molecule is O=Cc1ccccc1OCc1ccno1. The molecule has 4 heteroatoms. The molecule has 2 rings (SSSR count). The van der Waals surface area contributed by atoms with E-state index < -0.39 is 0 Å². The molecule has 0 aliphatic rings. The molecule has 0 spiro atoms. The molecule has 0 atom stereocenters. The van der Waals surface area contributed by atoms with Crippen molar-refractivity contribution in [2.75, 3.05) is 0 Å². The Bertz CT molecular complexity index is 437. The normalized spacial score (nSPS) is 9.87. The monoisotopic (exact) mass is 203 g/mol. The number of aldehydes is 1. The average molecular weight is 203 g/mol. The van der Waals surface area contributed by atoms with Crippen LogP contribution in [0.4, 0.5) is 0 Å². The number of carbonyl (C=O) groups excluding carboxylic acids is 1. The van der Waals surface area contributed by atoms with Crippen LogP contribution in [0, 0.1) is 0 Å². The Hall–Kier alpha value is -2.10. The second-order valence-corrected chi connectivity index (χ2v) is 2.92. The molecular weight excluding hydrogens is 194 g/mol. The lowest BCUT2D eigenvalue weighted by Gasteiger charge is -2.05. The molecule has 1 aromatic carbocycles. The van der Waals surface area contributed by atoms with Gasteiger partial charge in [0.1, 0.15) is 12.4 Å². The summed E-state index contributed by atoms with van der Waals surface area (Å²) in [4.78, 5) is 10.7. The predicted octanol–water partition coefficient (Wildman–Crippen LogP) is 2.07. The summed E-state index contributed by atoms with van der Waals surface area (Å²) >= 11 is 0. The van der Waals surface area contributed by atoms with E-state index in [1.165, 1.54) is 0 Å². The van der Waals surface area contributed by atoms with Gasteiger partial charge in [-0.25, -0.2) is 0 Å². The number of para-hydroxylation sites is 1. The van der Waals surface area contributed by atoms with Crippen LogP contribution < -0.4 is 4.74 Å². The third-order valence-corrected chi connectivity index (χ3v) is 1.91. The smallest absolute Gasteiger partial charge is 0.174 e. The van der Waals surface area contributed by atoms with Gasteiger partial charge in [-0.15, -0.1) is 0 Å². The highest BCUT2D eigenvalue weighted by Gasteiger charge is 2.03. The zero-order valence-corrected chi connectivity index (χ0v) is 7.92. The molecule has 2 aromatic rings. The van der Waals surface area contributed by atoms with E-state index in [2.05, 4.69) is 5.16 Å². The Labute approximate surface area is 86.5 Å². The summed E-state index contributed by atoms with van der Waals surface area (Å²) in [5.41, 5.74) is 0.525. The van der Waals surface area contributed by atoms with Gasteiger partial charge in [0.25, 0.3) is 0 Å². The lowest BCUT2D eigenvalue weighted by atomic mass is 10.2. The van der Waals surface area contributed by atoms with E-state index in [-0.39, 0.29) is 6.61 Å². The van der Waals surface area contributed by atoms with Gasteiger partial charge < -0.3 is 9.26 Å².